The highest BCUT2D eigenvalue weighted by Gasteiger charge is 2.31. The summed E-state index contributed by atoms with van der Waals surface area (Å²) in [6, 6.07) is 0. The van der Waals surface area contributed by atoms with Crippen molar-refractivity contribution in [2.45, 2.75) is 51.4 Å². The van der Waals surface area contributed by atoms with Crippen LogP contribution in [0.25, 0.3) is 0 Å². The van der Waals surface area contributed by atoms with E-state index in [2.05, 4.69) is 4.90 Å². The molecule has 0 N–H and O–H groups in total. The molecule has 0 aliphatic heterocycles. The van der Waals surface area contributed by atoms with Gasteiger partial charge in [-0.2, -0.15) is 0 Å². The lowest BCUT2D eigenvalue weighted by molar-refractivity contribution is -0.123. The molecule has 0 spiro atoms. The molecule has 0 aromatic carbocycles. The number of Topliss-reactive ketones (excluding diaryl/α,β-unsaturated/α-hetero) is 1. The van der Waals surface area contributed by atoms with Crippen LogP contribution in [0.1, 0.15) is 51.4 Å². The number of rotatable bonds is 7. The number of hydrogen-bond acceptors (Lipinski definition) is 2. The molecule has 3 rings (SSSR count). The maximum absolute atomic E-state index is 12.2. The minimum absolute atomic E-state index is 0.413. The van der Waals surface area contributed by atoms with Gasteiger partial charge >= 0.3 is 0 Å². The fourth-order valence-corrected chi connectivity index (χ4v) is 3.13. The summed E-state index contributed by atoms with van der Waals surface area (Å²) in [5.74, 6) is 2.80. The SMILES string of the molecule is O=C(CN(CC1CC1)CC1CC1)C1CCCC1. The molecule has 0 radical (unpaired) electrons. The Hall–Kier alpha value is -0.370. The van der Waals surface area contributed by atoms with E-state index in [4.69, 9.17) is 0 Å². The Balaban J connectivity index is 1.48. The molecule has 2 heteroatoms. The largest absolute Gasteiger partial charge is 0.298 e. The fourth-order valence-electron chi connectivity index (χ4n) is 3.13. The normalized spacial score (nSPS) is 25.7. The van der Waals surface area contributed by atoms with E-state index in [0.29, 0.717) is 11.7 Å². The zero-order valence-corrected chi connectivity index (χ0v) is 10.9. The zero-order valence-electron chi connectivity index (χ0n) is 10.9. The molecule has 0 aromatic heterocycles. The molecule has 3 aliphatic rings. The van der Waals surface area contributed by atoms with Gasteiger partial charge in [0.05, 0.1) is 6.54 Å². The second-order valence-electron chi connectivity index (χ2n) is 6.53. The third-order valence-electron chi connectivity index (χ3n) is 4.62. The second-order valence-corrected chi connectivity index (χ2v) is 6.53. The van der Waals surface area contributed by atoms with Gasteiger partial charge in [0.15, 0.2) is 0 Å². The Kier molecular flexibility index (Phi) is 3.51. The van der Waals surface area contributed by atoms with Crippen LogP contribution < -0.4 is 0 Å². The van der Waals surface area contributed by atoms with Gasteiger partial charge in [0.2, 0.25) is 0 Å². The van der Waals surface area contributed by atoms with Gasteiger partial charge in [-0.05, 0) is 50.4 Å². The minimum Gasteiger partial charge on any atom is -0.298 e. The van der Waals surface area contributed by atoms with Crippen molar-refractivity contribution >= 4 is 5.78 Å². The van der Waals surface area contributed by atoms with Crippen LogP contribution in [0.3, 0.4) is 0 Å². The van der Waals surface area contributed by atoms with E-state index in [1.807, 2.05) is 0 Å². The Morgan fingerprint density at radius 3 is 1.88 bits per heavy atom. The molecule has 3 saturated carbocycles. The van der Waals surface area contributed by atoms with Crippen LogP contribution in [0, 0.1) is 17.8 Å². The van der Waals surface area contributed by atoms with Gasteiger partial charge in [-0.1, -0.05) is 12.8 Å². The first-order valence-corrected chi connectivity index (χ1v) is 7.56. The molecule has 3 aliphatic carbocycles. The van der Waals surface area contributed by atoms with E-state index >= 15 is 0 Å². The molecule has 0 saturated heterocycles. The molecule has 0 bridgehead atoms. The van der Waals surface area contributed by atoms with Crippen molar-refractivity contribution in [3.63, 3.8) is 0 Å². The third kappa shape index (κ3) is 3.54. The molecule has 0 amide bonds. The van der Waals surface area contributed by atoms with Gasteiger partial charge < -0.3 is 0 Å². The standard InChI is InChI=1S/C15H25NO/c17-15(14-3-1-2-4-14)11-16(9-12-5-6-12)10-13-7-8-13/h12-14H,1-11H2. The van der Waals surface area contributed by atoms with E-state index in [9.17, 15) is 4.79 Å². The van der Waals surface area contributed by atoms with Gasteiger partial charge in [-0.15, -0.1) is 0 Å². The summed E-state index contributed by atoms with van der Waals surface area (Å²) >= 11 is 0. The number of carbonyl (C=O) groups is 1. The van der Waals surface area contributed by atoms with Crippen molar-refractivity contribution in [2.75, 3.05) is 19.6 Å². The van der Waals surface area contributed by atoms with E-state index in [-0.39, 0.29) is 0 Å². The fraction of sp³-hybridized carbons (Fsp3) is 0.933. The Bertz CT molecular complexity index is 261. The number of nitrogens with zero attached hydrogens (tertiary/aromatic N) is 1. The molecule has 3 fully saturated rings. The van der Waals surface area contributed by atoms with Crippen molar-refractivity contribution in [1.29, 1.82) is 0 Å². The van der Waals surface area contributed by atoms with Crippen LogP contribution in [0.2, 0.25) is 0 Å². The highest BCUT2D eigenvalue weighted by atomic mass is 16.1. The third-order valence-corrected chi connectivity index (χ3v) is 4.62. The molecule has 0 heterocycles. The molecular formula is C15H25NO. The number of ketones is 1. The van der Waals surface area contributed by atoms with Gasteiger partial charge in [-0.3, -0.25) is 9.69 Å². The molecule has 0 unspecified atom stereocenters. The molecule has 96 valence electrons. The summed E-state index contributed by atoms with van der Waals surface area (Å²) in [4.78, 5) is 14.7. The van der Waals surface area contributed by atoms with Crippen molar-refractivity contribution in [3.05, 3.63) is 0 Å². The summed E-state index contributed by atoms with van der Waals surface area (Å²) in [7, 11) is 0. The van der Waals surface area contributed by atoms with Crippen LogP contribution in [0.15, 0.2) is 0 Å². The van der Waals surface area contributed by atoms with Crippen LogP contribution >= 0.6 is 0 Å². The summed E-state index contributed by atoms with van der Waals surface area (Å²) in [6.45, 7) is 3.17. The first kappa shape index (κ1) is 11.7. The first-order valence-electron chi connectivity index (χ1n) is 7.56. The van der Waals surface area contributed by atoms with Gasteiger partial charge in [0.1, 0.15) is 5.78 Å². The summed E-state index contributed by atoms with van der Waals surface area (Å²) in [5.41, 5.74) is 0. The van der Waals surface area contributed by atoms with Crippen molar-refractivity contribution in [2.24, 2.45) is 17.8 Å². The van der Waals surface area contributed by atoms with Crippen molar-refractivity contribution in [1.82, 2.24) is 4.90 Å². The predicted octanol–water partition coefficient (Wildman–Crippen LogP) is 2.87. The van der Waals surface area contributed by atoms with Crippen molar-refractivity contribution < 1.29 is 4.79 Å². The lowest BCUT2D eigenvalue weighted by Crippen LogP contribution is -2.35. The summed E-state index contributed by atoms with van der Waals surface area (Å²) in [6.07, 6.45) is 10.5. The van der Waals surface area contributed by atoms with Gasteiger partial charge in [0.25, 0.3) is 0 Å². The van der Waals surface area contributed by atoms with Crippen LogP contribution in [-0.4, -0.2) is 30.3 Å². The molecule has 0 atom stereocenters. The lowest BCUT2D eigenvalue weighted by atomic mass is 10.0. The Labute approximate surface area is 105 Å². The Morgan fingerprint density at radius 2 is 1.41 bits per heavy atom. The monoisotopic (exact) mass is 235 g/mol. The van der Waals surface area contributed by atoms with E-state index < -0.39 is 0 Å². The summed E-state index contributed by atoms with van der Waals surface area (Å²) in [5, 5.41) is 0. The number of hydrogen-bond donors (Lipinski definition) is 0. The summed E-state index contributed by atoms with van der Waals surface area (Å²) < 4.78 is 0. The highest BCUT2D eigenvalue weighted by molar-refractivity contribution is 5.83. The van der Waals surface area contributed by atoms with Gasteiger partial charge in [0, 0.05) is 19.0 Å². The molecule has 2 nitrogen and oxygen atoms in total. The van der Waals surface area contributed by atoms with E-state index in [0.717, 1.165) is 18.4 Å². The molecular weight excluding hydrogens is 210 g/mol. The average molecular weight is 235 g/mol. The number of carbonyl (C=O) groups excluding carboxylic acids is 1. The zero-order chi connectivity index (χ0) is 11.7. The van der Waals surface area contributed by atoms with Crippen LogP contribution in [-0.2, 0) is 4.79 Å². The average Bonchev–Trinajstić information content (AvgIpc) is 3.22. The topological polar surface area (TPSA) is 20.3 Å². The van der Waals surface area contributed by atoms with E-state index in [1.165, 1.54) is 64.5 Å². The smallest absolute Gasteiger partial charge is 0.149 e. The van der Waals surface area contributed by atoms with Gasteiger partial charge in [-0.25, -0.2) is 0 Å². The van der Waals surface area contributed by atoms with Crippen LogP contribution in [0.4, 0.5) is 0 Å². The highest BCUT2D eigenvalue weighted by Crippen LogP contribution is 2.34. The molecule has 0 aromatic rings. The van der Waals surface area contributed by atoms with Crippen LogP contribution in [0.5, 0.6) is 0 Å². The lowest BCUT2D eigenvalue weighted by Gasteiger charge is -2.22. The quantitative estimate of drug-likeness (QED) is 0.676. The first-order chi connectivity index (χ1) is 8.31. The Morgan fingerprint density at radius 1 is 0.882 bits per heavy atom. The minimum atomic E-state index is 0.413. The van der Waals surface area contributed by atoms with E-state index in [1.54, 1.807) is 0 Å². The molecule has 17 heavy (non-hydrogen) atoms. The maximum atomic E-state index is 12.2. The second kappa shape index (κ2) is 5.09. The predicted molar refractivity (Wildman–Crippen MR) is 68.9 cm³/mol. The maximum Gasteiger partial charge on any atom is 0.149 e. The van der Waals surface area contributed by atoms with Crippen molar-refractivity contribution in [3.8, 4) is 0 Å².